The number of hydrogen-bond donors (Lipinski definition) is 0. The lowest BCUT2D eigenvalue weighted by Gasteiger charge is -2.47. The van der Waals surface area contributed by atoms with Crippen LogP contribution in [-0.4, -0.2) is 23.9 Å². The first-order valence-electron chi connectivity index (χ1n) is 9.74. The Morgan fingerprint density at radius 1 is 0.826 bits per heavy atom. The number of nitrogens with zero attached hydrogens (tertiary/aromatic N) is 1. The highest BCUT2D eigenvalue weighted by atomic mass is 16.2. The van der Waals surface area contributed by atoms with Gasteiger partial charge in [-0.25, -0.2) is 0 Å². The zero-order chi connectivity index (χ0) is 18.3. The van der Waals surface area contributed by atoms with Crippen LogP contribution in [0, 0.1) is 16.2 Å². The second-order valence-corrected chi connectivity index (χ2v) is 9.28. The van der Waals surface area contributed by atoms with Crippen molar-refractivity contribution in [2.45, 2.75) is 101 Å². The molecule has 1 amide bonds. The number of carbonyl (C=O) groups is 1. The molecule has 0 spiro atoms. The summed E-state index contributed by atoms with van der Waals surface area (Å²) < 4.78 is 0. The van der Waals surface area contributed by atoms with E-state index in [1.165, 1.54) is 0 Å². The maximum absolute atomic E-state index is 13.5. The SMILES string of the molecule is CCCCN(CCCC)C(=O)C(C)(CC(C)(C)CC)C(C)(C)C. The van der Waals surface area contributed by atoms with Crippen LogP contribution in [0.4, 0.5) is 0 Å². The van der Waals surface area contributed by atoms with Gasteiger partial charge in [-0.2, -0.15) is 0 Å². The summed E-state index contributed by atoms with van der Waals surface area (Å²) in [7, 11) is 0. The molecule has 0 radical (unpaired) electrons. The van der Waals surface area contributed by atoms with E-state index in [0.717, 1.165) is 51.6 Å². The third-order valence-electron chi connectivity index (χ3n) is 5.77. The molecule has 0 N–H and O–H groups in total. The van der Waals surface area contributed by atoms with Crippen molar-refractivity contribution >= 4 is 5.91 Å². The summed E-state index contributed by atoms with van der Waals surface area (Å²) in [5, 5.41) is 0. The van der Waals surface area contributed by atoms with E-state index in [2.05, 4.69) is 67.2 Å². The fourth-order valence-electron chi connectivity index (χ4n) is 3.11. The third-order valence-corrected chi connectivity index (χ3v) is 5.77. The smallest absolute Gasteiger partial charge is 0.229 e. The summed E-state index contributed by atoms with van der Waals surface area (Å²) in [4.78, 5) is 15.7. The lowest BCUT2D eigenvalue weighted by molar-refractivity contribution is -0.151. The molecule has 2 nitrogen and oxygen atoms in total. The molecule has 0 saturated heterocycles. The highest BCUT2D eigenvalue weighted by Crippen LogP contribution is 2.48. The Hall–Kier alpha value is -0.530. The Kier molecular flexibility index (Phi) is 8.87. The first-order chi connectivity index (χ1) is 10.4. The van der Waals surface area contributed by atoms with Gasteiger partial charge in [0, 0.05) is 13.1 Å². The first kappa shape index (κ1) is 22.5. The molecule has 0 aromatic rings. The minimum absolute atomic E-state index is 0.0345. The number of rotatable bonds is 10. The summed E-state index contributed by atoms with van der Waals surface area (Å²) in [5.74, 6) is 0.369. The van der Waals surface area contributed by atoms with Gasteiger partial charge in [0.1, 0.15) is 0 Å². The zero-order valence-electron chi connectivity index (χ0n) is 17.5. The lowest BCUT2D eigenvalue weighted by Crippen LogP contribution is -2.51. The largest absolute Gasteiger partial charge is 0.342 e. The maximum atomic E-state index is 13.5. The van der Waals surface area contributed by atoms with E-state index in [0.29, 0.717) is 5.91 Å². The van der Waals surface area contributed by atoms with Gasteiger partial charge in [-0.15, -0.1) is 0 Å². The third kappa shape index (κ3) is 6.47. The fourth-order valence-corrected chi connectivity index (χ4v) is 3.11. The minimum Gasteiger partial charge on any atom is -0.342 e. The van der Waals surface area contributed by atoms with Crippen molar-refractivity contribution in [2.75, 3.05) is 13.1 Å². The van der Waals surface area contributed by atoms with E-state index in [9.17, 15) is 4.79 Å². The normalized spacial score (nSPS) is 15.3. The van der Waals surface area contributed by atoms with Crippen molar-refractivity contribution in [1.82, 2.24) is 4.90 Å². The quantitative estimate of drug-likeness (QED) is 0.462. The first-order valence-corrected chi connectivity index (χ1v) is 9.74. The Bertz CT molecular complexity index is 345. The van der Waals surface area contributed by atoms with Gasteiger partial charge < -0.3 is 4.90 Å². The van der Waals surface area contributed by atoms with Crippen LogP contribution < -0.4 is 0 Å². The van der Waals surface area contributed by atoms with E-state index in [1.54, 1.807) is 0 Å². The number of carbonyl (C=O) groups excluding carboxylic acids is 1. The maximum Gasteiger partial charge on any atom is 0.229 e. The minimum atomic E-state index is -0.312. The summed E-state index contributed by atoms with van der Waals surface area (Å²) in [6.07, 6.45) is 6.55. The standard InChI is InChI=1S/C21H43NO/c1-10-13-15-22(16-14-11-2)18(23)21(9,19(4,5)6)17-20(7,8)12-3/h10-17H2,1-9H3. The van der Waals surface area contributed by atoms with E-state index in [1.807, 2.05) is 0 Å². The summed E-state index contributed by atoms with van der Waals surface area (Å²) in [6.45, 7) is 22.0. The van der Waals surface area contributed by atoms with Gasteiger partial charge in [-0.05, 0) is 30.1 Å². The van der Waals surface area contributed by atoms with E-state index in [4.69, 9.17) is 0 Å². The molecule has 0 bridgehead atoms. The molecular weight excluding hydrogens is 282 g/mol. The molecule has 23 heavy (non-hydrogen) atoms. The van der Waals surface area contributed by atoms with E-state index in [-0.39, 0.29) is 16.2 Å². The van der Waals surface area contributed by atoms with Crippen molar-refractivity contribution in [3.8, 4) is 0 Å². The average Bonchev–Trinajstić information content (AvgIpc) is 2.45. The molecule has 2 heteroatoms. The van der Waals surface area contributed by atoms with Crippen LogP contribution in [-0.2, 0) is 4.79 Å². The van der Waals surface area contributed by atoms with Crippen LogP contribution in [0.15, 0.2) is 0 Å². The van der Waals surface area contributed by atoms with Crippen LogP contribution in [0.5, 0.6) is 0 Å². The molecule has 0 saturated carbocycles. The zero-order valence-corrected chi connectivity index (χ0v) is 17.5. The van der Waals surface area contributed by atoms with Gasteiger partial charge in [0.15, 0.2) is 0 Å². The van der Waals surface area contributed by atoms with Gasteiger partial charge in [0.2, 0.25) is 5.91 Å². The topological polar surface area (TPSA) is 20.3 Å². The predicted octanol–water partition coefficient (Wildman–Crippen LogP) is 6.29. The number of unbranched alkanes of at least 4 members (excludes halogenated alkanes) is 2. The van der Waals surface area contributed by atoms with Gasteiger partial charge >= 0.3 is 0 Å². The van der Waals surface area contributed by atoms with Crippen LogP contribution in [0.1, 0.15) is 101 Å². The van der Waals surface area contributed by atoms with Crippen LogP contribution in [0.2, 0.25) is 0 Å². The fraction of sp³-hybridized carbons (Fsp3) is 0.952. The molecule has 1 unspecified atom stereocenters. The molecule has 0 aromatic heterocycles. The molecule has 138 valence electrons. The van der Waals surface area contributed by atoms with Crippen LogP contribution >= 0.6 is 0 Å². The summed E-state index contributed by atoms with van der Waals surface area (Å²) in [6, 6.07) is 0. The average molecular weight is 326 g/mol. The van der Waals surface area contributed by atoms with E-state index >= 15 is 0 Å². The van der Waals surface area contributed by atoms with Crippen molar-refractivity contribution in [1.29, 1.82) is 0 Å². The molecule has 1 atom stereocenters. The second-order valence-electron chi connectivity index (χ2n) is 9.28. The van der Waals surface area contributed by atoms with Gasteiger partial charge in [0.25, 0.3) is 0 Å². The Labute approximate surface area is 146 Å². The molecule has 0 aliphatic carbocycles. The van der Waals surface area contributed by atoms with Crippen molar-refractivity contribution in [3.05, 3.63) is 0 Å². The lowest BCUT2D eigenvalue weighted by atomic mass is 9.59. The van der Waals surface area contributed by atoms with Crippen molar-refractivity contribution in [3.63, 3.8) is 0 Å². The molecular formula is C21H43NO. The molecule has 0 heterocycles. The highest BCUT2D eigenvalue weighted by molar-refractivity contribution is 5.83. The van der Waals surface area contributed by atoms with E-state index < -0.39 is 0 Å². The highest BCUT2D eigenvalue weighted by Gasteiger charge is 2.48. The monoisotopic (exact) mass is 325 g/mol. The molecule has 0 aliphatic rings. The number of amides is 1. The Morgan fingerprint density at radius 3 is 1.57 bits per heavy atom. The molecule has 0 rings (SSSR count). The Balaban J connectivity index is 5.53. The van der Waals surface area contributed by atoms with Gasteiger partial charge in [-0.1, -0.05) is 81.6 Å². The second kappa shape index (κ2) is 9.08. The molecule has 0 fully saturated rings. The van der Waals surface area contributed by atoms with Crippen molar-refractivity contribution < 1.29 is 4.79 Å². The van der Waals surface area contributed by atoms with Crippen LogP contribution in [0.3, 0.4) is 0 Å². The predicted molar refractivity (Wildman–Crippen MR) is 103 cm³/mol. The van der Waals surface area contributed by atoms with Gasteiger partial charge in [-0.3, -0.25) is 4.79 Å². The van der Waals surface area contributed by atoms with Gasteiger partial charge in [0.05, 0.1) is 5.41 Å². The summed E-state index contributed by atoms with van der Waals surface area (Å²) >= 11 is 0. The molecule has 0 aliphatic heterocycles. The Morgan fingerprint density at radius 2 is 1.26 bits per heavy atom. The number of hydrogen-bond acceptors (Lipinski definition) is 1. The molecule has 0 aromatic carbocycles. The summed E-state index contributed by atoms with van der Waals surface area (Å²) in [5.41, 5.74) is -0.153. The van der Waals surface area contributed by atoms with Crippen LogP contribution in [0.25, 0.3) is 0 Å². The van der Waals surface area contributed by atoms with Crippen molar-refractivity contribution in [2.24, 2.45) is 16.2 Å².